The maximum atomic E-state index is 13.6. The van der Waals surface area contributed by atoms with Gasteiger partial charge < -0.3 is 10.2 Å². The minimum absolute atomic E-state index is 0.147. The first-order valence-electron chi connectivity index (χ1n) is 6.12. The van der Waals surface area contributed by atoms with Crippen LogP contribution in [0.1, 0.15) is 30.6 Å². The maximum Gasteiger partial charge on any atom is 0.164 e. The van der Waals surface area contributed by atoms with E-state index in [-0.39, 0.29) is 17.4 Å². The molecule has 4 heteroatoms. The Kier molecular flexibility index (Phi) is 5.28. The highest BCUT2D eigenvalue weighted by Crippen LogP contribution is 2.20. The summed E-state index contributed by atoms with van der Waals surface area (Å²) in [6.07, 6.45) is 0.931. The summed E-state index contributed by atoms with van der Waals surface area (Å²) in [7, 11) is 4.02. The van der Waals surface area contributed by atoms with Crippen LogP contribution in [0.15, 0.2) is 18.2 Å². The van der Waals surface area contributed by atoms with Gasteiger partial charge in [-0.1, -0.05) is 6.07 Å². The number of rotatable bonds is 6. The van der Waals surface area contributed by atoms with Crippen molar-refractivity contribution in [2.45, 2.75) is 26.3 Å². The van der Waals surface area contributed by atoms with E-state index in [4.69, 9.17) is 0 Å². The zero-order valence-electron chi connectivity index (χ0n) is 11.5. The highest BCUT2D eigenvalue weighted by atomic mass is 19.1. The Hall–Kier alpha value is -1.42. The Labute approximate surface area is 108 Å². The number of carbonyl (C=O) groups excluding carboxylic acids is 1. The second kappa shape index (κ2) is 6.50. The van der Waals surface area contributed by atoms with Gasteiger partial charge in [0, 0.05) is 11.7 Å². The molecule has 1 rings (SSSR count). The van der Waals surface area contributed by atoms with Gasteiger partial charge in [0.2, 0.25) is 0 Å². The number of carbonyl (C=O) groups is 1. The zero-order chi connectivity index (χ0) is 13.7. The van der Waals surface area contributed by atoms with E-state index in [0.717, 1.165) is 13.0 Å². The van der Waals surface area contributed by atoms with Crippen molar-refractivity contribution in [3.63, 3.8) is 0 Å². The molecule has 0 heterocycles. The van der Waals surface area contributed by atoms with Gasteiger partial charge in [-0.2, -0.15) is 0 Å². The summed E-state index contributed by atoms with van der Waals surface area (Å²) in [6, 6.07) is 4.86. The van der Waals surface area contributed by atoms with Crippen LogP contribution in [0.5, 0.6) is 0 Å². The monoisotopic (exact) mass is 252 g/mol. The van der Waals surface area contributed by atoms with Crippen LogP contribution in [0.2, 0.25) is 0 Å². The van der Waals surface area contributed by atoms with E-state index in [1.165, 1.54) is 13.0 Å². The molecule has 1 atom stereocenters. The predicted octanol–water partition coefficient (Wildman–Crippen LogP) is 2.78. The van der Waals surface area contributed by atoms with Gasteiger partial charge in [-0.05, 0) is 53.0 Å². The molecule has 0 spiro atoms. The van der Waals surface area contributed by atoms with Crippen molar-refractivity contribution < 1.29 is 9.18 Å². The summed E-state index contributed by atoms with van der Waals surface area (Å²) in [5.41, 5.74) is 0.725. The van der Waals surface area contributed by atoms with E-state index in [2.05, 4.69) is 10.2 Å². The molecule has 100 valence electrons. The molecule has 0 unspecified atom stereocenters. The standard InChI is InChI=1S/C14H21FN2O/c1-10(8-9-17(3)4)16-13-7-5-6-12(15)14(13)11(2)18/h5-7,10,16H,8-9H2,1-4H3/t10-/m1/s1. The highest BCUT2D eigenvalue weighted by molar-refractivity contribution is 5.99. The van der Waals surface area contributed by atoms with Crippen LogP contribution in [-0.2, 0) is 0 Å². The van der Waals surface area contributed by atoms with Crippen LogP contribution < -0.4 is 5.32 Å². The fraction of sp³-hybridized carbons (Fsp3) is 0.500. The Morgan fingerprint density at radius 1 is 1.44 bits per heavy atom. The summed E-state index contributed by atoms with van der Waals surface area (Å²) in [5.74, 6) is -0.720. The number of hydrogen-bond acceptors (Lipinski definition) is 3. The average molecular weight is 252 g/mol. The van der Waals surface area contributed by atoms with E-state index in [0.29, 0.717) is 5.69 Å². The van der Waals surface area contributed by atoms with Crippen molar-refractivity contribution in [3.05, 3.63) is 29.6 Å². The zero-order valence-corrected chi connectivity index (χ0v) is 11.5. The number of ketones is 1. The van der Waals surface area contributed by atoms with Crippen LogP contribution in [0.3, 0.4) is 0 Å². The molecule has 0 aliphatic carbocycles. The normalized spacial score (nSPS) is 12.6. The number of nitrogens with zero attached hydrogens (tertiary/aromatic N) is 1. The van der Waals surface area contributed by atoms with Gasteiger partial charge in [0.25, 0.3) is 0 Å². The summed E-state index contributed by atoms with van der Waals surface area (Å²) < 4.78 is 13.6. The van der Waals surface area contributed by atoms with Crippen molar-refractivity contribution in [2.24, 2.45) is 0 Å². The minimum atomic E-state index is -0.465. The molecule has 0 saturated carbocycles. The first-order valence-corrected chi connectivity index (χ1v) is 6.12. The molecule has 0 aliphatic heterocycles. The van der Waals surface area contributed by atoms with Crippen molar-refractivity contribution in [3.8, 4) is 0 Å². The van der Waals surface area contributed by atoms with Crippen LogP contribution in [0, 0.1) is 5.82 Å². The third kappa shape index (κ3) is 4.11. The van der Waals surface area contributed by atoms with Crippen molar-refractivity contribution in [1.82, 2.24) is 4.90 Å². The summed E-state index contributed by atoms with van der Waals surface area (Å²) in [4.78, 5) is 13.5. The number of halogens is 1. The molecule has 1 N–H and O–H groups in total. The van der Waals surface area contributed by atoms with Crippen LogP contribution >= 0.6 is 0 Å². The molecule has 0 saturated heterocycles. The van der Waals surface area contributed by atoms with E-state index >= 15 is 0 Å². The Bertz CT molecular complexity index is 418. The third-order valence-electron chi connectivity index (χ3n) is 2.78. The first kappa shape index (κ1) is 14.6. The van der Waals surface area contributed by atoms with Gasteiger partial charge in [-0.3, -0.25) is 4.79 Å². The van der Waals surface area contributed by atoms with Crippen molar-refractivity contribution in [2.75, 3.05) is 26.0 Å². The topological polar surface area (TPSA) is 32.3 Å². The number of anilines is 1. The maximum absolute atomic E-state index is 13.6. The van der Waals surface area contributed by atoms with Crippen LogP contribution in [0.25, 0.3) is 0 Å². The fourth-order valence-electron chi connectivity index (χ4n) is 1.79. The quantitative estimate of drug-likeness (QED) is 0.790. The van der Waals surface area contributed by atoms with Crippen molar-refractivity contribution >= 4 is 11.5 Å². The lowest BCUT2D eigenvalue weighted by atomic mass is 10.1. The highest BCUT2D eigenvalue weighted by Gasteiger charge is 2.14. The average Bonchev–Trinajstić information content (AvgIpc) is 2.26. The van der Waals surface area contributed by atoms with E-state index in [1.54, 1.807) is 12.1 Å². The Balaban J connectivity index is 2.78. The lowest BCUT2D eigenvalue weighted by Gasteiger charge is -2.19. The van der Waals surface area contributed by atoms with Gasteiger partial charge in [0.1, 0.15) is 5.82 Å². The van der Waals surface area contributed by atoms with Gasteiger partial charge in [-0.25, -0.2) is 4.39 Å². The molecule has 1 aromatic carbocycles. The molecule has 0 amide bonds. The molecule has 0 radical (unpaired) electrons. The SMILES string of the molecule is CC(=O)c1c(F)cccc1N[C@H](C)CCN(C)C. The second-order valence-corrected chi connectivity index (χ2v) is 4.86. The molecule has 3 nitrogen and oxygen atoms in total. The summed E-state index contributed by atoms with van der Waals surface area (Å²) in [6.45, 7) is 4.35. The molecule has 18 heavy (non-hydrogen) atoms. The predicted molar refractivity (Wildman–Crippen MR) is 72.7 cm³/mol. The summed E-state index contributed by atoms with van der Waals surface area (Å²) in [5, 5.41) is 3.20. The molecule has 0 fully saturated rings. The van der Waals surface area contributed by atoms with Gasteiger partial charge in [-0.15, -0.1) is 0 Å². The van der Waals surface area contributed by atoms with Gasteiger partial charge in [0.05, 0.1) is 5.56 Å². The largest absolute Gasteiger partial charge is 0.382 e. The number of benzene rings is 1. The number of nitrogens with one attached hydrogen (secondary N) is 1. The molecule has 0 aliphatic rings. The number of Topliss-reactive ketones (excluding diaryl/α,β-unsaturated/α-hetero) is 1. The Morgan fingerprint density at radius 2 is 2.11 bits per heavy atom. The molecule has 0 aromatic heterocycles. The molecule has 0 bridgehead atoms. The lowest BCUT2D eigenvalue weighted by molar-refractivity contribution is 0.101. The lowest BCUT2D eigenvalue weighted by Crippen LogP contribution is -2.24. The fourth-order valence-corrected chi connectivity index (χ4v) is 1.79. The van der Waals surface area contributed by atoms with Crippen LogP contribution in [0.4, 0.5) is 10.1 Å². The molecular formula is C14H21FN2O. The van der Waals surface area contributed by atoms with Gasteiger partial charge >= 0.3 is 0 Å². The Morgan fingerprint density at radius 3 is 2.67 bits per heavy atom. The molecule has 1 aromatic rings. The van der Waals surface area contributed by atoms with E-state index in [1.807, 2.05) is 21.0 Å². The number of hydrogen-bond donors (Lipinski definition) is 1. The van der Waals surface area contributed by atoms with Crippen LogP contribution in [-0.4, -0.2) is 37.4 Å². The van der Waals surface area contributed by atoms with Crippen molar-refractivity contribution in [1.29, 1.82) is 0 Å². The smallest absolute Gasteiger partial charge is 0.164 e. The van der Waals surface area contributed by atoms with Gasteiger partial charge in [0.15, 0.2) is 5.78 Å². The first-order chi connectivity index (χ1) is 8.41. The third-order valence-corrected chi connectivity index (χ3v) is 2.78. The van der Waals surface area contributed by atoms with E-state index in [9.17, 15) is 9.18 Å². The minimum Gasteiger partial charge on any atom is -0.382 e. The van der Waals surface area contributed by atoms with E-state index < -0.39 is 5.82 Å². The molecular weight excluding hydrogens is 231 g/mol. The summed E-state index contributed by atoms with van der Waals surface area (Å²) >= 11 is 0. The second-order valence-electron chi connectivity index (χ2n) is 4.86.